The van der Waals surface area contributed by atoms with E-state index in [1.807, 2.05) is 25.1 Å². The van der Waals surface area contributed by atoms with E-state index in [9.17, 15) is 4.79 Å². The molecule has 0 aliphatic rings. The van der Waals surface area contributed by atoms with Crippen LogP contribution in [0.25, 0.3) is 0 Å². The Morgan fingerprint density at radius 1 is 1.41 bits per heavy atom. The van der Waals surface area contributed by atoms with Crippen LogP contribution < -0.4 is 5.56 Å². The maximum atomic E-state index is 11.6. The molecule has 2 rings (SSSR count). The van der Waals surface area contributed by atoms with Crippen molar-refractivity contribution >= 4 is 15.9 Å². The van der Waals surface area contributed by atoms with Crippen LogP contribution in [0.5, 0.6) is 0 Å². The highest BCUT2D eigenvalue weighted by Gasteiger charge is 2.07. The van der Waals surface area contributed by atoms with Gasteiger partial charge in [0.25, 0.3) is 5.56 Å². The van der Waals surface area contributed by atoms with Gasteiger partial charge in [0.1, 0.15) is 10.3 Å². The number of nitrogens with zero attached hydrogens (tertiary/aromatic N) is 2. The van der Waals surface area contributed by atoms with Crippen molar-refractivity contribution in [3.05, 3.63) is 56.4 Å². The number of aryl methyl sites for hydroxylation is 1. The van der Waals surface area contributed by atoms with E-state index in [0.29, 0.717) is 16.7 Å². The van der Waals surface area contributed by atoms with Crippen LogP contribution >= 0.6 is 15.9 Å². The van der Waals surface area contributed by atoms with Crippen LogP contribution in [-0.4, -0.2) is 15.0 Å². The summed E-state index contributed by atoms with van der Waals surface area (Å²) >= 11 is 3.24. The van der Waals surface area contributed by atoms with Crippen LogP contribution in [0.3, 0.4) is 0 Å². The van der Waals surface area contributed by atoms with Gasteiger partial charge in [0, 0.05) is 18.3 Å². The lowest BCUT2D eigenvalue weighted by Crippen LogP contribution is -2.15. The Kier molecular flexibility index (Phi) is 3.68. The highest BCUT2D eigenvalue weighted by molar-refractivity contribution is 9.10. The molecule has 0 bridgehead atoms. The number of nitrogens with one attached hydrogen (secondary N) is 1. The van der Waals surface area contributed by atoms with Crippen molar-refractivity contribution in [1.82, 2.24) is 15.0 Å². The van der Waals surface area contributed by atoms with Crippen LogP contribution in [0.15, 0.2) is 33.7 Å². The van der Waals surface area contributed by atoms with Crippen LogP contribution in [-0.2, 0) is 12.8 Å². The molecule has 0 spiro atoms. The Hall–Kier alpha value is -1.49. The van der Waals surface area contributed by atoms with E-state index in [4.69, 9.17) is 0 Å². The minimum absolute atomic E-state index is 0.136. The Bertz CT molecular complexity index is 566. The van der Waals surface area contributed by atoms with Crippen LogP contribution in [0.4, 0.5) is 0 Å². The van der Waals surface area contributed by atoms with Crippen molar-refractivity contribution in [3.63, 3.8) is 0 Å². The first kappa shape index (κ1) is 12.0. The van der Waals surface area contributed by atoms with E-state index in [1.165, 1.54) is 0 Å². The second kappa shape index (κ2) is 5.23. The van der Waals surface area contributed by atoms with Crippen molar-refractivity contribution in [2.75, 3.05) is 0 Å². The number of aromatic amines is 1. The third-order valence-electron chi connectivity index (χ3n) is 2.39. The number of halogens is 1. The summed E-state index contributed by atoms with van der Waals surface area (Å²) in [5.41, 5.74) is 1.53. The van der Waals surface area contributed by atoms with Gasteiger partial charge in [-0.1, -0.05) is 13.0 Å². The quantitative estimate of drug-likeness (QED) is 0.943. The van der Waals surface area contributed by atoms with E-state index in [2.05, 4.69) is 30.9 Å². The fourth-order valence-corrected chi connectivity index (χ4v) is 2.02. The predicted octanol–water partition coefficient (Wildman–Crippen LogP) is 2.08. The summed E-state index contributed by atoms with van der Waals surface area (Å²) in [4.78, 5) is 23.0. The van der Waals surface area contributed by atoms with Gasteiger partial charge >= 0.3 is 0 Å². The van der Waals surface area contributed by atoms with E-state index in [0.717, 1.165) is 17.8 Å². The summed E-state index contributed by atoms with van der Waals surface area (Å²) < 4.78 is 0.518. The zero-order chi connectivity index (χ0) is 12.3. The molecule has 88 valence electrons. The lowest BCUT2D eigenvalue weighted by atomic mass is 10.2. The number of rotatable bonds is 3. The molecular weight excluding hydrogens is 282 g/mol. The van der Waals surface area contributed by atoms with Gasteiger partial charge in [-0.2, -0.15) is 0 Å². The summed E-state index contributed by atoms with van der Waals surface area (Å²) in [6.45, 7) is 1.97. The second-order valence-corrected chi connectivity index (χ2v) is 4.42. The van der Waals surface area contributed by atoms with Crippen LogP contribution in [0, 0.1) is 0 Å². The first-order valence-electron chi connectivity index (χ1n) is 5.38. The summed E-state index contributed by atoms with van der Waals surface area (Å²) in [5.74, 6) is 0.647. The Balaban J connectivity index is 2.34. The first-order chi connectivity index (χ1) is 8.20. The average Bonchev–Trinajstić information content (AvgIpc) is 2.35. The first-order valence-corrected chi connectivity index (χ1v) is 6.17. The molecule has 0 aliphatic heterocycles. The number of hydrogen-bond donors (Lipinski definition) is 1. The van der Waals surface area contributed by atoms with E-state index >= 15 is 0 Å². The third-order valence-corrected chi connectivity index (χ3v) is 3.21. The van der Waals surface area contributed by atoms with Gasteiger partial charge in [0.2, 0.25) is 0 Å². The zero-order valence-corrected chi connectivity index (χ0v) is 11.0. The van der Waals surface area contributed by atoms with E-state index in [1.54, 1.807) is 6.20 Å². The monoisotopic (exact) mass is 293 g/mol. The average molecular weight is 294 g/mol. The van der Waals surface area contributed by atoms with Gasteiger partial charge in [-0.15, -0.1) is 0 Å². The normalized spacial score (nSPS) is 10.5. The molecule has 0 amide bonds. The molecule has 4 nitrogen and oxygen atoms in total. The summed E-state index contributed by atoms with van der Waals surface area (Å²) in [7, 11) is 0. The number of pyridine rings is 1. The van der Waals surface area contributed by atoms with E-state index < -0.39 is 0 Å². The molecule has 0 saturated carbocycles. The Morgan fingerprint density at radius 2 is 2.24 bits per heavy atom. The summed E-state index contributed by atoms with van der Waals surface area (Å²) in [6.07, 6.45) is 2.99. The lowest BCUT2D eigenvalue weighted by molar-refractivity contribution is 0.863. The van der Waals surface area contributed by atoms with Crippen molar-refractivity contribution in [2.24, 2.45) is 0 Å². The van der Waals surface area contributed by atoms with Crippen molar-refractivity contribution in [2.45, 2.75) is 19.8 Å². The van der Waals surface area contributed by atoms with Crippen LogP contribution in [0.2, 0.25) is 0 Å². The molecule has 2 aromatic heterocycles. The Labute approximate surface area is 107 Å². The number of H-pyrrole nitrogens is 1. The van der Waals surface area contributed by atoms with Gasteiger partial charge in [0.15, 0.2) is 0 Å². The fourth-order valence-electron chi connectivity index (χ4n) is 1.55. The second-order valence-electron chi connectivity index (χ2n) is 3.62. The highest BCUT2D eigenvalue weighted by atomic mass is 79.9. The zero-order valence-electron chi connectivity index (χ0n) is 9.40. The molecule has 0 aromatic carbocycles. The molecule has 17 heavy (non-hydrogen) atoms. The number of hydrogen-bond acceptors (Lipinski definition) is 3. The maximum Gasteiger partial charge on any atom is 0.265 e. The maximum absolute atomic E-state index is 11.6. The molecule has 1 N–H and O–H groups in total. The molecule has 2 aromatic rings. The minimum atomic E-state index is -0.136. The highest BCUT2D eigenvalue weighted by Crippen LogP contribution is 2.10. The summed E-state index contributed by atoms with van der Waals surface area (Å²) in [5, 5.41) is 0. The smallest absolute Gasteiger partial charge is 0.265 e. The van der Waals surface area contributed by atoms with Gasteiger partial charge in [-0.25, -0.2) is 4.98 Å². The van der Waals surface area contributed by atoms with Gasteiger partial charge < -0.3 is 4.98 Å². The molecule has 0 aliphatic carbocycles. The molecule has 0 unspecified atom stereocenters. The molecule has 5 heteroatoms. The molecule has 0 saturated heterocycles. The van der Waals surface area contributed by atoms with Crippen LogP contribution in [0.1, 0.15) is 24.1 Å². The topological polar surface area (TPSA) is 58.6 Å². The molecule has 0 atom stereocenters. The van der Waals surface area contributed by atoms with Crippen molar-refractivity contribution in [3.8, 4) is 0 Å². The van der Waals surface area contributed by atoms with Gasteiger partial charge in [0.05, 0.1) is 5.69 Å². The molecule has 2 heterocycles. The molecule has 0 fully saturated rings. The molecular formula is C12H12BrN3O. The Morgan fingerprint density at radius 3 is 2.88 bits per heavy atom. The van der Waals surface area contributed by atoms with Gasteiger partial charge in [-0.3, -0.25) is 9.78 Å². The summed E-state index contributed by atoms with van der Waals surface area (Å²) in [6, 6.07) is 5.69. The SMILES string of the molecule is CCc1nc(Cc2ccccn2)[nH]c(=O)c1Br. The minimum Gasteiger partial charge on any atom is -0.309 e. The van der Waals surface area contributed by atoms with Gasteiger partial charge in [-0.05, 0) is 34.5 Å². The third kappa shape index (κ3) is 2.79. The lowest BCUT2D eigenvalue weighted by Gasteiger charge is -2.04. The standard InChI is InChI=1S/C12H12BrN3O/c1-2-9-11(13)12(17)16-10(15-9)7-8-5-3-4-6-14-8/h3-6H,2,7H2,1H3,(H,15,16,17). The number of aromatic nitrogens is 3. The molecule has 0 radical (unpaired) electrons. The predicted molar refractivity (Wildman–Crippen MR) is 69.0 cm³/mol. The fraction of sp³-hybridized carbons (Fsp3) is 0.250. The van der Waals surface area contributed by atoms with Crippen molar-refractivity contribution < 1.29 is 0 Å². The largest absolute Gasteiger partial charge is 0.309 e. The van der Waals surface area contributed by atoms with E-state index in [-0.39, 0.29) is 5.56 Å². The van der Waals surface area contributed by atoms with Crippen molar-refractivity contribution in [1.29, 1.82) is 0 Å².